The maximum Gasteiger partial charge on any atom is 0.420 e. The lowest BCUT2D eigenvalue weighted by Gasteiger charge is -2.25. The van der Waals surface area contributed by atoms with E-state index in [9.17, 15) is 9.59 Å². The van der Waals surface area contributed by atoms with Crippen molar-refractivity contribution in [3.8, 4) is 0 Å². The highest BCUT2D eigenvalue weighted by Gasteiger charge is 2.20. The van der Waals surface area contributed by atoms with Crippen LogP contribution in [0, 0.1) is 0 Å². The number of carbonyl (C=O) groups is 1. The molecule has 1 aromatic heterocycles. The number of aromatic nitrogens is 1. The van der Waals surface area contributed by atoms with E-state index in [4.69, 9.17) is 16.0 Å². The average Bonchev–Trinajstić information content (AvgIpc) is 2.89. The molecule has 1 heterocycles. The van der Waals surface area contributed by atoms with Gasteiger partial charge in [0.05, 0.1) is 11.6 Å². The molecule has 0 N–H and O–H groups in total. The Morgan fingerprint density at radius 3 is 2.67 bits per heavy atom. The molecule has 1 atom stereocenters. The minimum atomic E-state index is -0.568. The zero-order chi connectivity index (χ0) is 17.3. The molecule has 0 unspecified atom stereocenters. The molecule has 2 aromatic carbocycles. The van der Waals surface area contributed by atoms with Gasteiger partial charge in [0, 0.05) is 18.1 Å². The van der Waals surface area contributed by atoms with Crippen LogP contribution in [0.4, 0.5) is 0 Å². The lowest BCUT2D eigenvalue weighted by molar-refractivity contribution is -0.132. The molecule has 3 aromatic rings. The van der Waals surface area contributed by atoms with E-state index in [2.05, 4.69) is 0 Å². The van der Waals surface area contributed by atoms with Crippen molar-refractivity contribution in [1.82, 2.24) is 9.47 Å². The van der Waals surface area contributed by atoms with E-state index in [0.29, 0.717) is 16.1 Å². The molecule has 6 heteroatoms. The predicted octanol–water partition coefficient (Wildman–Crippen LogP) is 3.47. The first kappa shape index (κ1) is 16.3. The number of carbonyl (C=O) groups excluding carboxylic acids is 1. The van der Waals surface area contributed by atoms with Crippen LogP contribution in [0.1, 0.15) is 18.5 Å². The standard InChI is InChI=1S/C18H17ClN2O3/c1-12(13-6-4-3-5-7-13)20(2)17(22)11-21-15-9-8-14(19)10-16(15)24-18(21)23/h3-10,12H,11H2,1-2H3/t12-/m0/s1. The zero-order valence-electron chi connectivity index (χ0n) is 13.4. The Hall–Kier alpha value is -2.53. The molecule has 0 fully saturated rings. The van der Waals surface area contributed by atoms with Gasteiger partial charge >= 0.3 is 5.76 Å². The summed E-state index contributed by atoms with van der Waals surface area (Å²) in [5.41, 5.74) is 1.96. The Morgan fingerprint density at radius 1 is 1.25 bits per heavy atom. The van der Waals surface area contributed by atoms with Crippen LogP contribution < -0.4 is 5.76 Å². The van der Waals surface area contributed by atoms with Crippen LogP contribution in [0.15, 0.2) is 57.7 Å². The van der Waals surface area contributed by atoms with E-state index >= 15 is 0 Å². The van der Waals surface area contributed by atoms with E-state index < -0.39 is 5.76 Å². The Bertz CT molecular complexity index is 930. The number of hydrogen-bond acceptors (Lipinski definition) is 3. The van der Waals surface area contributed by atoms with Crippen molar-refractivity contribution < 1.29 is 9.21 Å². The molecular weight excluding hydrogens is 328 g/mol. The molecule has 5 nitrogen and oxygen atoms in total. The first-order valence-corrected chi connectivity index (χ1v) is 7.94. The van der Waals surface area contributed by atoms with Gasteiger partial charge in [0.25, 0.3) is 0 Å². The summed E-state index contributed by atoms with van der Waals surface area (Å²) in [6, 6.07) is 14.5. The van der Waals surface area contributed by atoms with Crippen LogP contribution in [0.25, 0.3) is 11.1 Å². The van der Waals surface area contributed by atoms with Gasteiger partial charge in [-0.2, -0.15) is 0 Å². The second-order valence-corrected chi connectivity index (χ2v) is 6.09. The quantitative estimate of drug-likeness (QED) is 0.728. The summed E-state index contributed by atoms with van der Waals surface area (Å²) in [5.74, 6) is -0.743. The number of fused-ring (bicyclic) bond motifs is 1. The number of halogens is 1. The number of hydrogen-bond donors (Lipinski definition) is 0. The molecule has 124 valence electrons. The van der Waals surface area contributed by atoms with E-state index in [0.717, 1.165) is 5.56 Å². The third-order valence-electron chi connectivity index (χ3n) is 4.18. The molecule has 0 aliphatic carbocycles. The van der Waals surface area contributed by atoms with Crippen molar-refractivity contribution in [2.75, 3.05) is 7.05 Å². The Kier molecular flexibility index (Phi) is 4.44. The SMILES string of the molecule is C[C@@H](c1ccccc1)N(C)C(=O)Cn1c(=O)oc2cc(Cl)ccc21. The van der Waals surface area contributed by atoms with Crippen molar-refractivity contribution in [2.45, 2.75) is 19.5 Å². The van der Waals surface area contributed by atoms with Crippen LogP contribution in [-0.4, -0.2) is 22.4 Å². The third-order valence-corrected chi connectivity index (χ3v) is 4.42. The minimum absolute atomic E-state index is 0.0822. The number of amides is 1. The zero-order valence-corrected chi connectivity index (χ0v) is 14.2. The normalized spacial score (nSPS) is 12.3. The first-order valence-electron chi connectivity index (χ1n) is 7.57. The van der Waals surface area contributed by atoms with Crippen molar-refractivity contribution in [2.24, 2.45) is 0 Å². The van der Waals surface area contributed by atoms with Crippen LogP contribution in [0.2, 0.25) is 5.02 Å². The minimum Gasteiger partial charge on any atom is -0.408 e. The smallest absolute Gasteiger partial charge is 0.408 e. The topological polar surface area (TPSA) is 55.5 Å². The fourth-order valence-electron chi connectivity index (χ4n) is 2.61. The number of rotatable bonds is 4. The Morgan fingerprint density at radius 2 is 1.96 bits per heavy atom. The maximum atomic E-state index is 12.6. The van der Waals surface area contributed by atoms with Gasteiger partial charge in [-0.15, -0.1) is 0 Å². The average molecular weight is 345 g/mol. The monoisotopic (exact) mass is 344 g/mol. The van der Waals surface area contributed by atoms with Crippen LogP contribution in [-0.2, 0) is 11.3 Å². The van der Waals surface area contributed by atoms with Gasteiger partial charge < -0.3 is 9.32 Å². The van der Waals surface area contributed by atoms with Gasteiger partial charge in [-0.3, -0.25) is 9.36 Å². The van der Waals surface area contributed by atoms with E-state index in [1.165, 1.54) is 4.57 Å². The summed E-state index contributed by atoms with van der Waals surface area (Å²) >= 11 is 5.90. The fourth-order valence-corrected chi connectivity index (χ4v) is 2.77. The van der Waals surface area contributed by atoms with Crippen LogP contribution in [0.5, 0.6) is 0 Å². The Balaban J connectivity index is 1.85. The molecule has 3 rings (SSSR count). The largest absolute Gasteiger partial charge is 0.420 e. The molecule has 1 amide bonds. The molecule has 0 bridgehead atoms. The molecule has 0 spiro atoms. The number of benzene rings is 2. The fraction of sp³-hybridized carbons (Fsp3) is 0.222. The maximum absolute atomic E-state index is 12.6. The molecule has 0 saturated carbocycles. The summed E-state index contributed by atoms with van der Waals surface area (Å²) in [4.78, 5) is 26.2. The number of oxazole rings is 1. The lowest BCUT2D eigenvalue weighted by Crippen LogP contribution is -2.34. The molecule has 24 heavy (non-hydrogen) atoms. The van der Waals surface area contributed by atoms with E-state index in [-0.39, 0.29) is 18.5 Å². The summed E-state index contributed by atoms with van der Waals surface area (Å²) < 4.78 is 6.48. The highest BCUT2D eigenvalue weighted by Crippen LogP contribution is 2.21. The van der Waals surface area contributed by atoms with Gasteiger partial charge in [-0.1, -0.05) is 41.9 Å². The van der Waals surface area contributed by atoms with Gasteiger partial charge in [-0.25, -0.2) is 4.79 Å². The van der Waals surface area contributed by atoms with E-state index in [1.807, 2.05) is 37.3 Å². The lowest BCUT2D eigenvalue weighted by atomic mass is 10.1. The van der Waals surface area contributed by atoms with Crippen LogP contribution >= 0.6 is 11.6 Å². The number of nitrogens with zero attached hydrogens (tertiary/aromatic N) is 2. The highest BCUT2D eigenvalue weighted by atomic mass is 35.5. The molecular formula is C18H17ClN2O3. The number of likely N-dealkylation sites (N-methyl/N-ethyl adjacent to an activating group) is 1. The van der Waals surface area contributed by atoms with Crippen molar-refractivity contribution in [1.29, 1.82) is 0 Å². The highest BCUT2D eigenvalue weighted by molar-refractivity contribution is 6.31. The van der Waals surface area contributed by atoms with Gasteiger partial charge in [-0.05, 0) is 24.6 Å². The predicted molar refractivity (Wildman–Crippen MR) is 93.1 cm³/mol. The summed E-state index contributed by atoms with van der Waals surface area (Å²) in [6.07, 6.45) is 0. The van der Waals surface area contributed by atoms with Crippen molar-refractivity contribution >= 4 is 28.6 Å². The molecule has 0 saturated heterocycles. The second kappa shape index (κ2) is 6.53. The van der Waals surface area contributed by atoms with Gasteiger partial charge in [0.15, 0.2) is 5.58 Å². The molecule has 0 aliphatic heterocycles. The summed E-state index contributed by atoms with van der Waals surface area (Å²) in [7, 11) is 1.73. The summed E-state index contributed by atoms with van der Waals surface area (Å²) in [6.45, 7) is 1.87. The Labute approximate surface area is 144 Å². The van der Waals surface area contributed by atoms with E-state index in [1.54, 1.807) is 30.1 Å². The molecule has 0 radical (unpaired) electrons. The van der Waals surface area contributed by atoms with Gasteiger partial charge in [0.1, 0.15) is 6.54 Å². The third kappa shape index (κ3) is 3.08. The summed E-state index contributed by atoms with van der Waals surface area (Å²) in [5, 5.41) is 0.476. The first-order chi connectivity index (χ1) is 11.5. The van der Waals surface area contributed by atoms with Crippen molar-refractivity contribution in [3.63, 3.8) is 0 Å². The van der Waals surface area contributed by atoms with Crippen molar-refractivity contribution in [3.05, 3.63) is 69.7 Å². The van der Waals surface area contributed by atoms with Crippen LogP contribution in [0.3, 0.4) is 0 Å². The second-order valence-electron chi connectivity index (χ2n) is 5.66. The molecule has 0 aliphatic rings. The van der Waals surface area contributed by atoms with Gasteiger partial charge in [0.2, 0.25) is 5.91 Å².